The minimum Gasteiger partial charge on any atom is -0.319 e. The molecule has 3 rings (SSSR count). The molecule has 0 spiro atoms. The summed E-state index contributed by atoms with van der Waals surface area (Å²) in [5, 5.41) is 4.85. The van der Waals surface area contributed by atoms with Gasteiger partial charge in [-0.2, -0.15) is 5.10 Å². The predicted molar refractivity (Wildman–Crippen MR) is 106 cm³/mol. The summed E-state index contributed by atoms with van der Waals surface area (Å²) in [6.07, 6.45) is 1.62. The van der Waals surface area contributed by atoms with Gasteiger partial charge in [0.2, 0.25) is 0 Å². The van der Waals surface area contributed by atoms with Crippen LogP contribution < -0.4 is 5.43 Å². The van der Waals surface area contributed by atoms with E-state index in [1.54, 1.807) is 6.21 Å². The first-order valence-electron chi connectivity index (χ1n) is 7.83. The number of fused-ring (bicyclic) bond motifs is 1. The molecule has 0 saturated carbocycles. The predicted octanol–water partition coefficient (Wildman–Crippen LogP) is 4.06. The molecule has 1 N–H and O–H groups in total. The number of halogens is 1. The van der Waals surface area contributed by atoms with Crippen LogP contribution in [0.1, 0.15) is 12.5 Å². The summed E-state index contributed by atoms with van der Waals surface area (Å²) in [6.45, 7) is 2.88. The van der Waals surface area contributed by atoms with Gasteiger partial charge in [0, 0.05) is 16.6 Å². The standard InChI is InChI=1S/C18H17BrN4OS/c1-2-23-16-10-6-5-9-15(16)21-18(23)25-12-17(24)22-20-11-13-7-3-4-8-14(13)19/h3-11H,2,12H2,1H3,(H,22,24). The van der Waals surface area contributed by atoms with Gasteiger partial charge in [0.15, 0.2) is 5.16 Å². The van der Waals surface area contributed by atoms with E-state index >= 15 is 0 Å². The molecule has 1 aromatic heterocycles. The minimum atomic E-state index is -0.164. The van der Waals surface area contributed by atoms with Gasteiger partial charge in [-0.05, 0) is 25.1 Å². The molecule has 0 aliphatic rings. The zero-order valence-corrected chi connectivity index (χ0v) is 16.0. The summed E-state index contributed by atoms with van der Waals surface area (Å²) >= 11 is 4.85. The van der Waals surface area contributed by atoms with E-state index in [9.17, 15) is 4.79 Å². The Hall–Kier alpha value is -2.12. The molecule has 25 heavy (non-hydrogen) atoms. The molecule has 0 aliphatic heterocycles. The van der Waals surface area contributed by atoms with E-state index < -0.39 is 0 Å². The van der Waals surface area contributed by atoms with E-state index in [-0.39, 0.29) is 11.7 Å². The molecule has 0 radical (unpaired) electrons. The summed E-state index contributed by atoms with van der Waals surface area (Å²) in [6, 6.07) is 15.7. The Bertz CT molecular complexity index is 922. The molecule has 5 nitrogen and oxygen atoms in total. The molecule has 0 fully saturated rings. The van der Waals surface area contributed by atoms with Crippen LogP contribution in [-0.4, -0.2) is 27.4 Å². The van der Waals surface area contributed by atoms with Crippen molar-refractivity contribution in [3.05, 3.63) is 58.6 Å². The number of amides is 1. The number of rotatable bonds is 6. The second kappa shape index (κ2) is 8.31. The molecule has 0 atom stereocenters. The number of aryl methyl sites for hydroxylation is 1. The molecule has 0 unspecified atom stereocenters. The molecule has 1 heterocycles. The molecule has 3 aromatic rings. The highest BCUT2D eigenvalue weighted by molar-refractivity contribution is 9.10. The first-order valence-corrected chi connectivity index (χ1v) is 9.61. The number of para-hydroxylation sites is 2. The number of carbonyl (C=O) groups excluding carboxylic acids is 1. The highest BCUT2D eigenvalue weighted by Crippen LogP contribution is 2.23. The highest BCUT2D eigenvalue weighted by atomic mass is 79.9. The average Bonchev–Trinajstić information content (AvgIpc) is 2.99. The van der Waals surface area contributed by atoms with Gasteiger partial charge in [-0.3, -0.25) is 4.79 Å². The molecule has 7 heteroatoms. The van der Waals surface area contributed by atoms with Gasteiger partial charge in [0.25, 0.3) is 5.91 Å². The van der Waals surface area contributed by atoms with Crippen molar-refractivity contribution >= 4 is 50.8 Å². The second-order valence-corrected chi connectivity index (χ2v) is 7.03. The topological polar surface area (TPSA) is 59.3 Å². The molecule has 0 aliphatic carbocycles. The fourth-order valence-corrected chi connectivity index (χ4v) is 3.64. The normalized spacial score (nSPS) is 11.3. The number of benzene rings is 2. The van der Waals surface area contributed by atoms with Crippen molar-refractivity contribution in [2.24, 2.45) is 5.10 Å². The highest BCUT2D eigenvalue weighted by Gasteiger charge is 2.11. The average molecular weight is 417 g/mol. The zero-order chi connectivity index (χ0) is 17.6. The van der Waals surface area contributed by atoms with Gasteiger partial charge in [-0.1, -0.05) is 58.0 Å². The van der Waals surface area contributed by atoms with E-state index in [1.807, 2.05) is 48.5 Å². The van der Waals surface area contributed by atoms with Crippen molar-refractivity contribution in [3.8, 4) is 0 Å². The molecular formula is C18H17BrN4OS. The van der Waals surface area contributed by atoms with E-state index in [0.29, 0.717) is 0 Å². The number of nitrogens with zero attached hydrogens (tertiary/aromatic N) is 3. The summed E-state index contributed by atoms with van der Waals surface area (Å²) in [4.78, 5) is 16.6. The fourth-order valence-electron chi connectivity index (χ4n) is 2.39. The first-order chi connectivity index (χ1) is 12.2. The fraction of sp³-hybridized carbons (Fsp3) is 0.167. The Balaban J connectivity index is 1.60. The first kappa shape index (κ1) is 17.7. The molecule has 1 amide bonds. The number of carbonyl (C=O) groups is 1. The van der Waals surface area contributed by atoms with E-state index in [2.05, 4.69) is 42.9 Å². The lowest BCUT2D eigenvalue weighted by Crippen LogP contribution is -2.20. The zero-order valence-electron chi connectivity index (χ0n) is 13.6. The van der Waals surface area contributed by atoms with Crippen molar-refractivity contribution in [2.45, 2.75) is 18.6 Å². The van der Waals surface area contributed by atoms with Crippen molar-refractivity contribution in [2.75, 3.05) is 5.75 Å². The third-order valence-corrected chi connectivity index (χ3v) is 5.26. The van der Waals surface area contributed by atoms with Crippen LogP contribution >= 0.6 is 27.7 Å². The number of hydrazone groups is 1. The van der Waals surface area contributed by atoms with Crippen molar-refractivity contribution in [1.29, 1.82) is 0 Å². The molecular weight excluding hydrogens is 400 g/mol. The third-order valence-electron chi connectivity index (χ3n) is 3.57. The smallest absolute Gasteiger partial charge is 0.250 e. The van der Waals surface area contributed by atoms with E-state index in [1.165, 1.54) is 11.8 Å². The summed E-state index contributed by atoms with van der Waals surface area (Å²) in [5.74, 6) is 0.0967. The quantitative estimate of drug-likeness (QED) is 0.374. The third kappa shape index (κ3) is 4.29. The van der Waals surface area contributed by atoms with Gasteiger partial charge in [-0.15, -0.1) is 0 Å². The van der Waals surface area contributed by atoms with Gasteiger partial charge >= 0.3 is 0 Å². The van der Waals surface area contributed by atoms with Gasteiger partial charge in [0.1, 0.15) is 0 Å². The Kier molecular flexibility index (Phi) is 5.88. The molecule has 2 aromatic carbocycles. The number of aromatic nitrogens is 2. The summed E-state index contributed by atoms with van der Waals surface area (Å²) < 4.78 is 3.04. The Morgan fingerprint density at radius 2 is 2.04 bits per heavy atom. The molecule has 128 valence electrons. The van der Waals surface area contributed by atoms with Gasteiger partial charge in [-0.25, -0.2) is 10.4 Å². The number of hydrogen-bond acceptors (Lipinski definition) is 4. The van der Waals surface area contributed by atoms with E-state index in [4.69, 9.17) is 0 Å². The molecule has 0 bridgehead atoms. The largest absolute Gasteiger partial charge is 0.319 e. The lowest BCUT2D eigenvalue weighted by Gasteiger charge is -2.05. The van der Waals surface area contributed by atoms with Crippen LogP contribution in [0.25, 0.3) is 11.0 Å². The van der Waals surface area contributed by atoms with Gasteiger partial charge in [0.05, 0.1) is 23.0 Å². The SMILES string of the molecule is CCn1c(SCC(=O)NN=Cc2ccccc2Br)nc2ccccc21. The maximum absolute atomic E-state index is 12.0. The van der Waals surface area contributed by atoms with E-state index in [0.717, 1.165) is 32.8 Å². The monoisotopic (exact) mass is 416 g/mol. The van der Waals surface area contributed by atoms with Crippen LogP contribution in [0.4, 0.5) is 0 Å². The maximum Gasteiger partial charge on any atom is 0.250 e. The number of nitrogens with one attached hydrogen (secondary N) is 1. The minimum absolute atomic E-state index is 0.164. The lowest BCUT2D eigenvalue weighted by molar-refractivity contribution is -0.118. The Morgan fingerprint density at radius 1 is 1.28 bits per heavy atom. The number of thioether (sulfide) groups is 1. The van der Waals surface area contributed by atoms with Crippen LogP contribution in [0.2, 0.25) is 0 Å². The van der Waals surface area contributed by atoms with Crippen molar-refractivity contribution in [3.63, 3.8) is 0 Å². The summed E-state index contributed by atoms with van der Waals surface area (Å²) in [7, 11) is 0. The number of imidazole rings is 1. The van der Waals surface area contributed by atoms with Crippen molar-refractivity contribution < 1.29 is 4.79 Å². The van der Waals surface area contributed by atoms with Crippen LogP contribution in [-0.2, 0) is 11.3 Å². The summed E-state index contributed by atoms with van der Waals surface area (Å²) in [5.41, 5.74) is 5.48. The molecule has 0 saturated heterocycles. The van der Waals surface area contributed by atoms with Crippen LogP contribution in [0.15, 0.2) is 63.3 Å². The number of hydrogen-bond donors (Lipinski definition) is 1. The van der Waals surface area contributed by atoms with Crippen LogP contribution in [0.5, 0.6) is 0 Å². The van der Waals surface area contributed by atoms with Crippen LogP contribution in [0.3, 0.4) is 0 Å². The van der Waals surface area contributed by atoms with Crippen molar-refractivity contribution in [1.82, 2.24) is 15.0 Å². The Morgan fingerprint density at radius 3 is 2.84 bits per heavy atom. The lowest BCUT2D eigenvalue weighted by atomic mass is 10.2. The second-order valence-electron chi connectivity index (χ2n) is 5.23. The van der Waals surface area contributed by atoms with Crippen LogP contribution in [0, 0.1) is 0 Å². The van der Waals surface area contributed by atoms with Gasteiger partial charge < -0.3 is 4.57 Å². The Labute approximate surface area is 158 Å². The maximum atomic E-state index is 12.0.